The summed E-state index contributed by atoms with van der Waals surface area (Å²) in [7, 11) is -1.75. The van der Waals surface area contributed by atoms with Crippen LogP contribution in [0.4, 0.5) is 4.79 Å². The highest BCUT2D eigenvalue weighted by molar-refractivity contribution is 6.75. The molecule has 0 spiro atoms. The lowest BCUT2D eigenvalue weighted by atomic mass is 10.1. The van der Waals surface area contributed by atoms with E-state index in [1.807, 2.05) is 0 Å². The zero-order valence-electron chi connectivity index (χ0n) is 11.4. The first-order chi connectivity index (χ1) is 9.31. The molecule has 1 saturated heterocycles. The van der Waals surface area contributed by atoms with E-state index in [2.05, 4.69) is 10.6 Å². The first-order valence-electron chi connectivity index (χ1n) is 6.18. The van der Waals surface area contributed by atoms with E-state index in [0.29, 0.717) is 0 Å². The van der Waals surface area contributed by atoms with Crippen molar-refractivity contribution < 1.29 is 24.0 Å². The van der Waals surface area contributed by atoms with Crippen molar-refractivity contribution in [1.29, 1.82) is 0 Å². The van der Waals surface area contributed by atoms with Gasteiger partial charge in [0.2, 0.25) is 32.9 Å². The summed E-state index contributed by atoms with van der Waals surface area (Å²) in [5.41, 5.74) is -0.459. The number of imide groups is 1. The Balaban J connectivity index is 2.34. The van der Waals surface area contributed by atoms with Crippen molar-refractivity contribution in [2.24, 2.45) is 5.92 Å². The van der Waals surface area contributed by atoms with Crippen LogP contribution < -0.4 is 10.6 Å². The third kappa shape index (κ3) is 4.57. The molecular weight excluding hydrogens is 282 g/mol. The Morgan fingerprint density at radius 1 is 1.25 bits per heavy atom. The van der Waals surface area contributed by atoms with Gasteiger partial charge in [-0.2, -0.15) is 0 Å². The molecule has 8 nitrogen and oxygen atoms in total. The largest absolute Gasteiger partial charge is 0.350 e. The Bertz CT molecular complexity index is 465. The van der Waals surface area contributed by atoms with Crippen LogP contribution in [0.25, 0.3) is 0 Å². The van der Waals surface area contributed by atoms with Gasteiger partial charge in [0.05, 0.1) is 13.1 Å². The predicted molar refractivity (Wildman–Crippen MR) is 71.3 cm³/mol. The lowest BCUT2D eigenvalue weighted by Crippen LogP contribution is -2.46. The number of nitrogens with one attached hydrogen (secondary N) is 2. The maximum absolute atomic E-state index is 11.6. The monoisotopic (exact) mass is 299 g/mol. The van der Waals surface area contributed by atoms with Crippen LogP contribution in [0.3, 0.4) is 0 Å². The first-order valence-corrected chi connectivity index (χ1v) is 7.52. The Morgan fingerprint density at radius 3 is 2.40 bits per heavy atom. The van der Waals surface area contributed by atoms with E-state index in [1.165, 1.54) is 6.92 Å². The Hall–Kier alpha value is -2.03. The van der Waals surface area contributed by atoms with E-state index in [0.717, 1.165) is 4.57 Å². The van der Waals surface area contributed by atoms with Gasteiger partial charge in [0.15, 0.2) is 0 Å². The molecule has 0 radical (unpaired) electrons. The molecule has 1 rings (SSSR count). The van der Waals surface area contributed by atoms with Gasteiger partial charge in [-0.3, -0.25) is 24.0 Å². The van der Waals surface area contributed by atoms with Crippen LogP contribution in [0.5, 0.6) is 0 Å². The summed E-state index contributed by atoms with van der Waals surface area (Å²) in [6.45, 7) is 2.61. The smallest absolute Gasteiger partial charge is 0.239 e. The van der Waals surface area contributed by atoms with Gasteiger partial charge in [-0.25, -0.2) is 0 Å². The molecule has 1 heterocycles. The van der Waals surface area contributed by atoms with Crippen LogP contribution in [-0.2, 0) is 19.2 Å². The number of hydrogen-bond donors (Lipinski definition) is 2. The average Bonchev–Trinajstić information content (AvgIpc) is 2.60. The summed E-state index contributed by atoms with van der Waals surface area (Å²) in [6.07, 6.45) is 0.137. The number of nitrogens with zero attached hydrogens (tertiary/aromatic N) is 1. The second kappa shape index (κ2) is 6.94. The Kier molecular flexibility index (Phi) is 5.56. The number of amides is 4. The van der Waals surface area contributed by atoms with Crippen LogP contribution in [-0.4, -0.2) is 56.4 Å². The zero-order chi connectivity index (χ0) is 15.3. The molecule has 1 fully saturated rings. The summed E-state index contributed by atoms with van der Waals surface area (Å²) in [4.78, 5) is 56.6. The summed E-state index contributed by atoms with van der Waals surface area (Å²) in [5, 5.41) is 4.66. The van der Waals surface area contributed by atoms with E-state index < -0.39 is 21.1 Å². The van der Waals surface area contributed by atoms with Gasteiger partial charge < -0.3 is 15.2 Å². The van der Waals surface area contributed by atoms with E-state index in [4.69, 9.17) is 0 Å². The highest BCUT2D eigenvalue weighted by Crippen LogP contribution is 2.17. The lowest BCUT2D eigenvalue weighted by molar-refractivity contribution is -0.133. The molecule has 0 aromatic heterocycles. The highest BCUT2D eigenvalue weighted by atomic mass is 28.2. The van der Waals surface area contributed by atoms with Crippen molar-refractivity contribution >= 4 is 38.7 Å². The molecule has 4 amide bonds. The minimum Gasteiger partial charge on any atom is -0.350 e. The number of carbonyl (C=O) groups is 5. The molecule has 0 aromatic carbocycles. The zero-order valence-corrected chi connectivity index (χ0v) is 12.8. The van der Waals surface area contributed by atoms with E-state index >= 15 is 0 Å². The summed E-state index contributed by atoms with van der Waals surface area (Å²) < 4.78 is 1.02. The number of rotatable bonds is 6. The maximum Gasteiger partial charge on any atom is 0.239 e. The normalized spacial score (nSPS) is 18.7. The third-order valence-electron chi connectivity index (χ3n) is 2.75. The Morgan fingerprint density at radius 2 is 1.90 bits per heavy atom. The molecular formula is C11H17N3O5Si. The molecule has 0 aliphatic carbocycles. The average molecular weight is 299 g/mol. The van der Waals surface area contributed by atoms with Crippen LogP contribution in [0, 0.1) is 5.92 Å². The number of hydrogen-bond acceptors (Lipinski definition) is 5. The summed E-state index contributed by atoms with van der Waals surface area (Å²) in [6, 6.07) is 0. The number of carbonyl (C=O) groups excluding carboxylic acids is 5. The minimum absolute atomic E-state index is 0.0905. The standard InChI is InChI=1S/C11H17N3O5Si/c1-6-3-9(17)14(10(6)18)20-11(19)13-5-8(16)12-4-7(2)15/h6H,3-5,20H2,1-2H3,(H,12,16)(H,13,19). The highest BCUT2D eigenvalue weighted by Gasteiger charge is 2.36. The summed E-state index contributed by atoms with van der Waals surface area (Å²) >= 11 is 0. The van der Waals surface area contributed by atoms with Crippen molar-refractivity contribution in [3.8, 4) is 0 Å². The molecule has 20 heavy (non-hydrogen) atoms. The van der Waals surface area contributed by atoms with Crippen LogP contribution in [0.1, 0.15) is 20.3 Å². The predicted octanol–water partition coefficient (Wildman–Crippen LogP) is -2.12. The van der Waals surface area contributed by atoms with Crippen molar-refractivity contribution in [2.75, 3.05) is 13.1 Å². The van der Waals surface area contributed by atoms with Crippen LogP contribution in [0.2, 0.25) is 0 Å². The maximum atomic E-state index is 11.6. The van der Waals surface area contributed by atoms with Crippen LogP contribution in [0.15, 0.2) is 0 Å². The first kappa shape index (κ1) is 16.0. The number of Topliss-reactive ketones (excluding diaryl/α,β-unsaturated/α-hetero) is 1. The van der Waals surface area contributed by atoms with E-state index in [9.17, 15) is 24.0 Å². The van der Waals surface area contributed by atoms with Gasteiger partial charge >= 0.3 is 0 Å². The van der Waals surface area contributed by atoms with Crippen molar-refractivity contribution in [3.63, 3.8) is 0 Å². The SMILES string of the molecule is CC(=O)CNC(=O)CNC(=O)[SiH2]N1C(=O)CC(C)C1=O. The molecule has 2 N–H and O–H groups in total. The lowest BCUT2D eigenvalue weighted by Gasteiger charge is -2.13. The van der Waals surface area contributed by atoms with Crippen molar-refractivity contribution in [2.45, 2.75) is 20.3 Å². The quantitative estimate of drug-likeness (QED) is 0.430. The fraction of sp³-hybridized carbons (Fsp3) is 0.545. The Labute approximate surface area is 118 Å². The van der Waals surface area contributed by atoms with Gasteiger partial charge in [-0.05, 0) is 6.92 Å². The third-order valence-corrected chi connectivity index (χ3v) is 4.27. The fourth-order valence-corrected chi connectivity index (χ4v) is 2.98. The molecule has 1 unspecified atom stereocenters. The van der Waals surface area contributed by atoms with Gasteiger partial charge in [0.1, 0.15) is 5.78 Å². The molecule has 1 aliphatic heterocycles. The molecule has 1 atom stereocenters. The second-order valence-corrected chi connectivity index (χ2v) is 6.27. The molecule has 0 saturated carbocycles. The topological polar surface area (TPSA) is 113 Å². The molecule has 1 aliphatic rings. The molecule has 110 valence electrons. The van der Waals surface area contributed by atoms with Gasteiger partial charge in [0, 0.05) is 12.3 Å². The second-order valence-electron chi connectivity index (χ2n) is 4.68. The fourth-order valence-electron chi connectivity index (χ4n) is 1.68. The molecule has 0 aromatic rings. The van der Waals surface area contributed by atoms with Gasteiger partial charge in [0.25, 0.3) is 0 Å². The van der Waals surface area contributed by atoms with E-state index in [-0.39, 0.29) is 43.0 Å². The number of ketones is 1. The van der Waals surface area contributed by atoms with Gasteiger partial charge in [-0.1, -0.05) is 6.92 Å². The van der Waals surface area contributed by atoms with Crippen LogP contribution >= 0.6 is 0 Å². The van der Waals surface area contributed by atoms with E-state index in [1.54, 1.807) is 6.92 Å². The molecule has 0 bridgehead atoms. The molecule has 9 heteroatoms. The van der Waals surface area contributed by atoms with Gasteiger partial charge in [-0.15, -0.1) is 0 Å². The van der Waals surface area contributed by atoms with Crippen molar-refractivity contribution in [3.05, 3.63) is 0 Å². The minimum atomic E-state index is -1.75. The van der Waals surface area contributed by atoms with Crippen molar-refractivity contribution in [1.82, 2.24) is 15.2 Å². The summed E-state index contributed by atoms with van der Waals surface area (Å²) in [5.74, 6) is -1.71.